The Balaban J connectivity index is 0.000000179. The highest BCUT2D eigenvalue weighted by Crippen LogP contribution is 2.55. The topological polar surface area (TPSA) is 32.3 Å². The maximum Gasteiger partial charge on any atom is 0.160 e. The Morgan fingerprint density at radius 2 is 0.587 bits per heavy atom. The number of hydrogen-bond acceptors (Lipinski definition) is 4. The molecule has 11 aromatic rings. The van der Waals surface area contributed by atoms with Crippen molar-refractivity contribution < 1.29 is 0 Å². The quantitative estimate of drug-likeness (QED) is 0.0458. The van der Waals surface area contributed by atoms with E-state index in [9.17, 15) is 0 Å². The van der Waals surface area contributed by atoms with E-state index in [0.29, 0.717) is 0 Å². The molecule has 4 heteroatoms. The molecule has 0 N–H and O–H groups in total. The summed E-state index contributed by atoms with van der Waals surface area (Å²) in [5.74, 6) is 0.774. The molecule has 0 unspecified atom stereocenters. The van der Waals surface area contributed by atoms with Gasteiger partial charge in [-0.3, -0.25) is 0 Å². The van der Waals surface area contributed by atoms with E-state index < -0.39 is 0 Å². The SMILES string of the molecule is CCCCCCCCC1(CCCCCCCC)c2cc(C)ccc2-c2ccc(C)cc21.CCCCCCc1ccc(-c2nc(-c3ccc(C)cc3)cc(-c3ccc(C)cc3)n2)cc1.Cc1ccc(N(c2ccc(N(c3ccc(C)cc3)c3c(C)cc(C(C)(C)C)cc3C)cc2)c2c(C)cc(C(C)(C)C)cc2C)cc1. The summed E-state index contributed by atoms with van der Waals surface area (Å²) in [6, 6.07) is 78.8. The zero-order valence-electron chi connectivity index (χ0n) is 70.4. The van der Waals surface area contributed by atoms with E-state index in [-0.39, 0.29) is 16.2 Å². The smallest absolute Gasteiger partial charge is 0.160 e. The van der Waals surface area contributed by atoms with Gasteiger partial charge in [-0.25, -0.2) is 9.97 Å². The van der Waals surface area contributed by atoms with Gasteiger partial charge in [0.05, 0.1) is 22.8 Å². The standard InChI is InChI=1S/C44H52N2.C31H46.C30H32N2/c1-29-13-17-37(18-14-29)45(41-31(3)25-35(26-32(41)4)43(7,8)9)39-21-23-40(24-22-39)46(38-19-15-30(2)16-20-38)42-33(5)27-36(28-34(42)6)44(10,11)12;1-5-7-9-11-13-15-21-31(22-16-14-12-10-8-6-2)29-23-25(3)17-19-27(29)28-20-18-26(4)24-30(28)31;1-4-5-6-7-8-24-13-19-27(20-14-24)30-31-28(25-15-9-22(2)10-16-25)21-29(32-30)26-17-11-23(3)12-18-26/h13-28H,1-12H3;17-20,23-24H,5-16,21-22H2,1-4H3;9-21H,4-8H2,1-3H3. The van der Waals surface area contributed by atoms with Crippen LogP contribution in [0.3, 0.4) is 0 Å². The minimum Gasteiger partial charge on any atom is -0.310 e. The van der Waals surface area contributed by atoms with Crippen LogP contribution in [0.15, 0.2) is 212 Å². The lowest BCUT2D eigenvalue weighted by Crippen LogP contribution is -2.25. The lowest BCUT2D eigenvalue weighted by molar-refractivity contribution is 0.397. The predicted octanol–water partition coefficient (Wildman–Crippen LogP) is 31.4. The molecule has 1 aliphatic rings. The average molecular weight is 1450 g/mol. The number of nitrogens with zero attached hydrogens (tertiary/aromatic N) is 4. The summed E-state index contributed by atoms with van der Waals surface area (Å²) in [5.41, 5.74) is 36.0. The molecule has 109 heavy (non-hydrogen) atoms. The minimum absolute atomic E-state index is 0.0885. The van der Waals surface area contributed by atoms with Gasteiger partial charge in [-0.05, 0) is 222 Å². The Bertz CT molecular complexity index is 4390. The Morgan fingerprint density at radius 3 is 0.927 bits per heavy atom. The monoisotopic (exact) mass is 1450 g/mol. The zero-order valence-corrected chi connectivity index (χ0v) is 70.4. The van der Waals surface area contributed by atoms with Crippen LogP contribution in [0.5, 0.6) is 0 Å². The van der Waals surface area contributed by atoms with E-state index in [1.54, 1.807) is 11.1 Å². The Kier molecular flexibility index (Phi) is 28.7. The summed E-state index contributed by atoms with van der Waals surface area (Å²) in [7, 11) is 0. The summed E-state index contributed by atoms with van der Waals surface area (Å²) >= 11 is 0. The van der Waals surface area contributed by atoms with Crippen LogP contribution in [-0.2, 0) is 22.7 Å². The van der Waals surface area contributed by atoms with Crippen LogP contribution in [0.25, 0.3) is 45.0 Å². The highest BCUT2D eigenvalue weighted by atomic mass is 15.2. The second kappa shape index (κ2) is 38.0. The number of hydrogen-bond donors (Lipinski definition) is 0. The zero-order chi connectivity index (χ0) is 78.0. The van der Waals surface area contributed by atoms with Crippen molar-refractivity contribution in [1.82, 2.24) is 9.97 Å². The van der Waals surface area contributed by atoms with Crippen molar-refractivity contribution in [3.8, 4) is 45.0 Å². The number of aryl methyl sites for hydroxylation is 11. The molecule has 0 spiro atoms. The lowest BCUT2D eigenvalue weighted by Gasteiger charge is -2.33. The molecule has 570 valence electrons. The molecule has 0 saturated carbocycles. The van der Waals surface area contributed by atoms with Crippen LogP contribution in [0.1, 0.15) is 261 Å². The third kappa shape index (κ3) is 21.3. The van der Waals surface area contributed by atoms with E-state index in [2.05, 4.69) is 354 Å². The molecule has 12 rings (SSSR count). The number of benzene rings is 10. The van der Waals surface area contributed by atoms with Crippen molar-refractivity contribution in [1.29, 1.82) is 0 Å². The predicted molar refractivity (Wildman–Crippen MR) is 475 cm³/mol. The summed E-state index contributed by atoms with van der Waals surface area (Å²) < 4.78 is 0. The first-order valence-electron chi connectivity index (χ1n) is 41.7. The molecular formula is C105H130N4. The second-order valence-electron chi connectivity index (χ2n) is 34.2. The first kappa shape index (κ1) is 82.4. The van der Waals surface area contributed by atoms with Gasteiger partial charge in [-0.15, -0.1) is 0 Å². The van der Waals surface area contributed by atoms with E-state index in [1.807, 2.05) is 0 Å². The Labute approximate surface area is 660 Å². The molecule has 1 aliphatic carbocycles. The molecule has 1 aromatic heterocycles. The van der Waals surface area contributed by atoms with Crippen LogP contribution in [0.2, 0.25) is 0 Å². The van der Waals surface area contributed by atoms with E-state index in [4.69, 9.17) is 9.97 Å². The van der Waals surface area contributed by atoms with Gasteiger partial charge in [-0.2, -0.15) is 0 Å². The lowest BCUT2D eigenvalue weighted by atomic mass is 9.70. The second-order valence-corrected chi connectivity index (χ2v) is 34.2. The summed E-state index contributed by atoms with van der Waals surface area (Å²) in [6.45, 7) is 42.7. The Morgan fingerprint density at radius 1 is 0.294 bits per heavy atom. The fourth-order valence-corrected chi connectivity index (χ4v) is 16.1. The third-order valence-electron chi connectivity index (χ3n) is 22.6. The number of rotatable bonds is 28. The average Bonchev–Trinajstić information content (AvgIpc) is 1.64. The minimum atomic E-state index is 0.0885. The van der Waals surface area contributed by atoms with Crippen molar-refractivity contribution in [3.63, 3.8) is 0 Å². The fraction of sp³-hybridized carbons (Fsp3) is 0.390. The van der Waals surface area contributed by atoms with Gasteiger partial charge in [0, 0.05) is 44.9 Å². The van der Waals surface area contributed by atoms with Crippen molar-refractivity contribution in [3.05, 3.63) is 296 Å². The molecule has 0 amide bonds. The highest BCUT2D eigenvalue weighted by molar-refractivity contribution is 5.86. The normalized spacial score (nSPS) is 12.2. The highest BCUT2D eigenvalue weighted by Gasteiger charge is 2.42. The van der Waals surface area contributed by atoms with Crippen molar-refractivity contribution in [2.75, 3.05) is 9.80 Å². The van der Waals surface area contributed by atoms with Crippen LogP contribution >= 0.6 is 0 Å². The summed E-state index contributed by atoms with van der Waals surface area (Å²) in [5, 5.41) is 0. The number of fused-ring (bicyclic) bond motifs is 3. The van der Waals surface area contributed by atoms with Gasteiger partial charge in [-0.1, -0.05) is 350 Å². The van der Waals surface area contributed by atoms with Gasteiger partial charge < -0.3 is 9.80 Å². The molecule has 10 aromatic carbocycles. The van der Waals surface area contributed by atoms with Gasteiger partial charge in [0.1, 0.15) is 0 Å². The first-order valence-corrected chi connectivity index (χ1v) is 41.7. The molecule has 0 aliphatic heterocycles. The molecule has 0 saturated heterocycles. The number of aromatic nitrogens is 2. The molecule has 0 fully saturated rings. The van der Waals surface area contributed by atoms with Crippen molar-refractivity contribution >= 4 is 34.1 Å². The molecule has 1 heterocycles. The van der Waals surface area contributed by atoms with Crippen LogP contribution < -0.4 is 9.80 Å². The molecule has 0 bridgehead atoms. The number of unbranched alkanes of at least 4 members (excludes halogenated alkanes) is 13. The first-order chi connectivity index (χ1) is 52.3. The van der Waals surface area contributed by atoms with Gasteiger partial charge in [0.15, 0.2) is 5.82 Å². The van der Waals surface area contributed by atoms with Gasteiger partial charge in [0.25, 0.3) is 0 Å². The molecule has 4 nitrogen and oxygen atoms in total. The van der Waals surface area contributed by atoms with E-state index >= 15 is 0 Å². The number of anilines is 6. The summed E-state index contributed by atoms with van der Waals surface area (Å²) in [4.78, 5) is 14.7. The van der Waals surface area contributed by atoms with Crippen LogP contribution in [0.4, 0.5) is 34.1 Å². The molecule has 0 radical (unpaired) electrons. The molecular weight excluding hydrogens is 1320 g/mol. The third-order valence-corrected chi connectivity index (χ3v) is 22.6. The fourth-order valence-electron chi connectivity index (χ4n) is 16.1. The molecule has 0 atom stereocenters. The van der Waals surface area contributed by atoms with Gasteiger partial charge in [0.2, 0.25) is 0 Å². The van der Waals surface area contributed by atoms with E-state index in [0.717, 1.165) is 63.1 Å². The summed E-state index contributed by atoms with van der Waals surface area (Å²) in [6.07, 6.45) is 25.5. The van der Waals surface area contributed by atoms with Crippen LogP contribution in [-0.4, -0.2) is 9.97 Å². The van der Waals surface area contributed by atoms with E-state index in [1.165, 1.54) is 210 Å². The Hall–Kier alpha value is -9.12. The largest absolute Gasteiger partial charge is 0.310 e. The maximum absolute atomic E-state index is 4.95. The van der Waals surface area contributed by atoms with Crippen molar-refractivity contribution in [2.45, 2.75) is 270 Å². The van der Waals surface area contributed by atoms with Crippen LogP contribution in [0, 0.1) is 69.2 Å². The van der Waals surface area contributed by atoms with Crippen molar-refractivity contribution in [2.24, 2.45) is 0 Å². The van der Waals surface area contributed by atoms with Gasteiger partial charge >= 0.3 is 0 Å². The maximum atomic E-state index is 4.95.